The number of hydrogen-bond acceptors (Lipinski definition) is 8. The molecule has 0 amide bonds. The van der Waals surface area contributed by atoms with E-state index in [9.17, 15) is 0 Å². The highest BCUT2D eigenvalue weighted by atomic mass is 32.2. The van der Waals surface area contributed by atoms with Gasteiger partial charge in [-0.1, -0.05) is 18.3 Å². The SMILES string of the molecule is COc1ccc(C2SCC(C=S)N2c2cc(OC)c(OC)c(OC)c2)cc1N. The summed E-state index contributed by atoms with van der Waals surface area (Å²) in [5.41, 5.74) is 8.77. The summed E-state index contributed by atoms with van der Waals surface area (Å²) in [7, 11) is 6.42. The van der Waals surface area contributed by atoms with Crippen LogP contribution >= 0.6 is 24.0 Å². The lowest BCUT2D eigenvalue weighted by Gasteiger charge is -2.31. The first kappa shape index (κ1) is 20.4. The predicted octanol–water partition coefficient (Wildman–Crippen LogP) is 3.92. The minimum atomic E-state index is 0.0419. The molecular formula is C20H24N2O4S2. The van der Waals surface area contributed by atoms with Crippen LogP contribution < -0.4 is 29.6 Å². The third kappa shape index (κ3) is 3.66. The molecule has 1 aliphatic rings. The van der Waals surface area contributed by atoms with E-state index in [1.807, 2.05) is 42.1 Å². The minimum Gasteiger partial charge on any atom is -0.495 e. The van der Waals surface area contributed by atoms with Crippen LogP contribution in [0.1, 0.15) is 10.9 Å². The van der Waals surface area contributed by atoms with Gasteiger partial charge in [0.25, 0.3) is 0 Å². The van der Waals surface area contributed by atoms with E-state index in [1.165, 1.54) is 0 Å². The van der Waals surface area contributed by atoms with Crippen LogP contribution in [0.25, 0.3) is 0 Å². The zero-order chi connectivity index (χ0) is 20.3. The lowest BCUT2D eigenvalue weighted by atomic mass is 10.1. The number of methoxy groups -OCH3 is 4. The summed E-state index contributed by atoms with van der Waals surface area (Å²) in [6.45, 7) is 0. The van der Waals surface area contributed by atoms with Crippen molar-refractivity contribution in [1.29, 1.82) is 0 Å². The van der Waals surface area contributed by atoms with Crippen molar-refractivity contribution in [3.63, 3.8) is 0 Å². The molecule has 1 aliphatic heterocycles. The molecule has 1 saturated heterocycles. The number of thiocarbonyl (C=S) groups is 1. The van der Waals surface area contributed by atoms with Crippen molar-refractivity contribution in [3.8, 4) is 23.0 Å². The highest BCUT2D eigenvalue weighted by Crippen LogP contribution is 2.49. The maximum absolute atomic E-state index is 6.14. The zero-order valence-electron chi connectivity index (χ0n) is 16.3. The van der Waals surface area contributed by atoms with E-state index in [-0.39, 0.29) is 11.4 Å². The minimum absolute atomic E-state index is 0.0419. The summed E-state index contributed by atoms with van der Waals surface area (Å²) >= 11 is 7.13. The van der Waals surface area contributed by atoms with Gasteiger partial charge >= 0.3 is 0 Å². The molecule has 6 nitrogen and oxygen atoms in total. The lowest BCUT2D eigenvalue weighted by molar-refractivity contribution is 0.324. The summed E-state index contributed by atoms with van der Waals surface area (Å²) in [4.78, 5) is 2.25. The van der Waals surface area contributed by atoms with E-state index >= 15 is 0 Å². The molecule has 28 heavy (non-hydrogen) atoms. The van der Waals surface area contributed by atoms with Gasteiger partial charge in [-0.2, -0.15) is 0 Å². The highest BCUT2D eigenvalue weighted by molar-refractivity contribution is 8.00. The van der Waals surface area contributed by atoms with Gasteiger partial charge in [-0.3, -0.25) is 0 Å². The van der Waals surface area contributed by atoms with Gasteiger partial charge in [-0.25, -0.2) is 0 Å². The fraction of sp³-hybridized carbons (Fsp3) is 0.350. The van der Waals surface area contributed by atoms with Crippen LogP contribution in [0.3, 0.4) is 0 Å². The number of thioether (sulfide) groups is 1. The molecule has 0 bridgehead atoms. The zero-order valence-corrected chi connectivity index (χ0v) is 17.9. The standard InChI is InChI=1S/C20H24N2O4S2/c1-23-16-6-5-12(7-15(16)21)20-22(14(10-27)11-28-20)13-8-17(24-2)19(26-4)18(9-13)25-3/h5-10,14,20H,11,21H2,1-4H3. The Morgan fingerprint density at radius 2 is 1.64 bits per heavy atom. The Bertz CT molecular complexity index is 837. The quantitative estimate of drug-likeness (QED) is 0.534. The Morgan fingerprint density at radius 1 is 1.00 bits per heavy atom. The van der Waals surface area contributed by atoms with E-state index in [0.29, 0.717) is 28.7 Å². The van der Waals surface area contributed by atoms with E-state index < -0.39 is 0 Å². The molecule has 150 valence electrons. The van der Waals surface area contributed by atoms with Gasteiger partial charge in [0.05, 0.1) is 40.2 Å². The number of nitrogens with two attached hydrogens (primary N) is 1. The van der Waals surface area contributed by atoms with E-state index in [1.54, 1.807) is 33.8 Å². The smallest absolute Gasteiger partial charge is 0.203 e. The highest BCUT2D eigenvalue weighted by Gasteiger charge is 2.35. The molecular weight excluding hydrogens is 396 g/mol. The molecule has 8 heteroatoms. The maximum Gasteiger partial charge on any atom is 0.203 e. The van der Waals surface area contributed by atoms with Gasteiger partial charge in [0.15, 0.2) is 11.5 Å². The van der Waals surface area contributed by atoms with Crippen molar-refractivity contribution in [2.24, 2.45) is 0 Å². The van der Waals surface area contributed by atoms with Gasteiger partial charge in [-0.15, -0.1) is 11.8 Å². The first-order valence-electron chi connectivity index (χ1n) is 8.66. The summed E-state index contributed by atoms with van der Waals surface area (Å²) in [5.74, 6) is 3.30. The van der Waals surface area contributed by atoms with Crippen molar-refractivity contribution < 1.29 is 18.9 Å². The Morgan fingerprint density at radius 3 is 2.14 bits per heavy atom. The summed E-state index contributed by atoms with van der Waals surface area (Å²) < 4.78 is 21.8. The molecule has 0 aliphatic carbocycles. The Hall–Kier alpha value is -2.32. The Balaban J connectivity index is 2.08. The first-order chi connectivity index (χ1) is 13.6. The van der Waals surface area contributed by atoms with Crippen LogP contribution in [0.5, 0.6) is 23.0 Å². The summed E-state index contributed by atoms with van der Waals surface area (Å²) in [6.07, 6.45) is 0. The van der Waals surface area contributed by atoms with Crippen LogP contribution in [0.4, 0.5) is 11.4 Å². The number of hydrogen-bond donors (Lipinski definition) is 1. The number of benzene rings is 2. The molecule has 2 aromatic carbocycles. The van der Waals surface area contributed by atoms with Crippen molar-refractivity contribution in [3.05, 3.63) is 35.9 Å². The van der Waals surface area contributed by atoms with Gasteiger partial charge in [0.2, 0.25) is 5.75 Å². The number of nitrogen functional groups attached to an aromatic ring is 1. The molecule has 2 atom stereocenters. The maximum atomic E-state index is 6.14. The molecule has 0 radical (unpaired) electrons. The number of anilines is 2. The van der Waals surface area contributed by atoms with Crippen LogP contribution in [-0.4, -0.2) is 45.6 Å². The molecule has 0 spiro atoms. The lowest BCUT2D eigenvalue weighted by Crippen LogP contribution is -2.33. The van der Waals surface area contributed by atoms with E-state index in [2.05, 4.69) is 4.90 Å². The monoisotopic (exact) mass is 420 g/mol. The fourth-order valence-electron chi connectivity index (χ4n) is 3.34. The normalized spacial score (nSPS) is 18.6. The van der Waals surface area contributed by atoms with Crippen molar-refractivity contribution in [1.82, 2.24) is 0 Å². The van der Waals surface area contributed by atoms with E-state index in [0.717, 1.165) is 17.0 Å². The predicted molar refractivity (Wildman–Crippen MR) is 119 cm³/mol. The largest absolute Gasteiger partial charge is 0.495 e. The topological polar surface area (TPSA) is 66.2 Å². The third-order valence-corrected chi connectivity index (χ3v) is 6.34. The van der Waals surface area contributed by atoms with Crippen molar-refractivity contribution in [2.75, 3.05) is 44.8 Å². The molecule has 2 N–H and O–H groups in total. The molecule has 0 saturated carbocycles. The Kier molecular flexibility index (Phi) is 6.41. The third-order valence-electron chi connectivity index (χ3n) is 4.68. The van der Waals surface area contributed by atoms with Gasteiger partial charge < -0.3 is 29.6 Å². The van der Waals surface area contributed by atoms with Gasteiger partial charge in [0.1, 0.15) is 11.1 Å². The second-order valence-corrected chi connectivity index (χ2v) is 7.57. The molecule has 1 fully saturated rings. The van der Waals surface area contributed by atoms with Crippen molar-refractivity contribution in [2.45, 2.75) is 11.4 Å². The second-order valence-electron chi connectivity index (χ2n) is 6.18. The summed E-state index contributed by atoms with van der Waals surface area (Å²) in [5, 5.41) is 1.84. The van der Waals surface area contributed by atoms with Crippen LogP contribution in [0.2, 0.25) is 0 Å². The van der Waals surface area contributed by atoms with E-state index in [4.69, 9.17) is 36.9 Å². The number of nitrogens with zero attached hydrogens (tertiary/aromatic N) is 1. The fourth-order valence-corrected chi connectivity index (χ4v) is 5.10. The summed E-state index contributed by atoms with van der Waals surface area (Å²) in [6, 6.07) is 9.84. The first-order valence-corrected chi connectivity index (χ1v) is 10.2. The molecule has 1 heterocycles. The molecule has 0 aromatic heterocycles. The molecule has 2 aromatic rings. The van der Waals surface area contributed by atoms with Crippen LogP contribution in [0, 0.1) is 0 Å². The average molecular weight is 421 g/mol. The number of ether oxygens (including phenoxy) is 4. The molecule has 2 unspecified atom stereocenters. The molecule has 3 rings (SSSR count). The van der Waals surface area contributed by atoms with Crippen LogP contribution in [0.15, 0.2) is 30.3 Å². The van der Waals surface area contributed by atoms with Crippen molar-refractivity contribution >= 4 is 40.7 Å². The Labute approximate surface area is 174 Å². The second kappa shape index (κ2) is 8.79. The average Bonchev–Trinajstić information content (AvgIpc) is 3.16. The number of rotatable bonds is 7. The van der Waals surface area contributed by atoms with Crippen LogP contribution in [-0.2, 0) is 0 Å². The van der Waals surface area contributed by atoms with Gasteiger partial charge in [-0.05, 0) is 17.7 Å². The van der Waals surface area contributed by atoms with Gasteiger partial charge in [0, 0.05) is 28.9 Å².